The largest absolute Gasteiger partial charge is 0.366 e. The van der Waals surface area contributed by atoms with Crippen LogP contribution in [-0.2, 0) is 7.05 Å². The molecule has 0 N–H and O–H groups in total. The Hall–Kier alpha value is -4.40. The number of piperidine rings is 1. The standard InChI is InChI=1S/C27H28N6O3/c1-20-26(27(34)32(29(20)2)21-10-5-3-6-11-21)28-19-23-12-9-17-31(23)22-13-14-24(25(18-22)33(35)36)30-15-7-4-8-16-30/h3,5-6,9-14,17-19H,4,7-8,15-16H2,1-2H3. The fourth-order valence-electron chi connectivity index (χ4n) is 4.78. The molecule has 0 unspecified atom stereocenters. The first-order valence-corrected chi connectivity index (χ1v) is 12.0. The van der Waals surface area contributed by atoms with Gasteiger partial charge >= 0.3 is 0 Å². The minimum absolute atomic E-state index is 0.0932. The molecule has 1 aliphatic rings. The quantitative estimate of drug-likeness (QED) is 0.221. The van der Waals surface area contributed by atoms with Gasteiger partial charge in [-0.05, 0) is 62.6 Å². The summed E-state index contributed by atoms with van der Waals surface area (Å²) in [6.07, 6.45) is 6.71. The second kappa shape index (κ2) is 9.69. The van der Waals surface area contributed by atoms with Gasteiger partial charge in [0.1, 0.15) is 5.69 Å². The highest BCUT2D eigenvalue weighted by molar-refractivity contribution is 5.82. The maximum absolute atomic E-state index is 13.2. The molecule has 1 saturated heterocycles. The Labute approximate surface area is 208 Å². The SMILES string of the molecule is Cc1c(N=Cc2cccn2-c2ccc(N3CCCCC3)c([N+](=O)[O-])c2)c(=O)n(-c2ccccc2)n1C. The predicted octanol–water partition coefficient (Wildman–Crippen LogP) is 4.92. The van der Waals surface area contributed by atoms with Crippen LogP contribution >= 0.6 is 0 Å². The van der Waals surface area contributed by atoms with Crippen molar-refractivity contribution in [3.05, 3.63) is 98.7 Å². The fraction of sp³-hybridized carbons (Fsp3) is 0.259. The van der Waals surface area contributed by atoms with E-state index in [0.29, 0.717) is 22.8 Å². The molecule has 3 heterocycles. The van der Waals surface area contributed by atoms with Gasteiger partial charge in [0.05, 0.1) is 33.9 Å². The van der Waals surface area contributed by atoms with Gasteiger partial charge in [0, 0.05) is 32.4 Å². The third kappa shape index (κ3) is 4.24. The lowest BCUT2D eigenvalue weighted by Crippen LogP contribution is -2.29. The van der Waals surface area contributed by atoms with Gasteiger partial charge in [0.15, 0.2) is 5.69 Å². The van der Waals surface area contributed by atoms with Gasteiger partial charge in [-0.2, -0.15) is 0 Å². The first kappa shape index (κ1) is 23.3. The summed E-state index contributed by atoms with van der Waals surface area (Å²) >= 11 is 0. The van der Waals surface area contributed by atoms with Crippen molar-refractivity contribution in [2.75, 3.05) is 18.0 Å². The lowest BCUT2D eigenvalue weighted by Gasteiger charge is -2.28. The molecule has 36 heavy (non-hydrogen) atoms. The Morgan fingerprint density at radius 1 is 0.972 bits per heavy atom. The van der Waals surface area contributed by atoms with Crippen molar-refractivity contribution in [3.63, 3.8) is 0 Å². The summed E-state index contributed by atoms with van der Waals surface area (Å²) in [5.74, 6) is 0. The summed E-state index contributed by atoms with van der Waals surface area (Å²) < 4.78 is 5.21. The summed E-state index contributed by atoms with van der Waals surface area (Å²) in [5.41, 5.74) is 3.77. The van der Waals surface area contributed by atoms with Crippen LogP contribution < -0.4 is 10.5 Å². The molecule has 2 aromatic carbocycles. The molecule has 5 rings (SSSR count). The van der Waals surface area contributed by atoms with Crippen molar-refractivity contribution in [2.45, 2.75) is 26.2 Å². The molecule has 1 aliphatic heterocycles. The molecule has 1 fully saturated rings. The number of benzene rings is 2. The number of nitro benzene ring substituents is 1. The lowest BCUT2D eigenvalue weighted by molar-refractivity contribution is -0.384. The van der Waals surface area contributed by atoms with E-state index in [1.807, 2.05) is 79.3 Å². The average molecular weight is 485 g/mol. The lowest BCUT2D eigenvalue weighted by atomic mass is 10.1. The van der Waals surface area contributed by atoms with Crippen LogP contribution in [0, 0.1) is 17.0 Å². The van der Waals surface area contributed by atoms with Crippen LogP contribution in [0.25, 0.3) is 11.4 Å². The zero-order chi connectivity index (χ0) is 25.2. The van der Waals surface area contributed by atoms with Gasteiger partial charge in [0.2, 0.25) is 0 Å². The van der Waals surface area contributed by atoms with Crippen LogP contribution in [0.5, 0.6) is 0 Å². The van der Waals surface area contributed by atoms with Gasteiger partial charge < -0.3 is 9.47 Å². The van der Waals surface area contributed by atoms with Crippen LogP contribution in [0.15, 0.2) is 76.6 Å². The third-order valence-electron chi connectivity index (χ3n) is 6.76. The van der Waals surface area contributed by atoms with E-state index in [2.05, 4.69) is 9.89 Å². The van der Waals surface area contributed by atoms with Crippen LogP contribution in [-0.4, -0.2) is 38.2 Å². The summed E-state index contributed by atoms with van der Waals surface area (Å²) in [7, 11) is 1.83. The number of nitrogens with zero attached hydrogens (tertiary/aromatic N) is 6. The van der Waals surface area contributed by atoms with Crippen molar-refractivity contribution in [3.8, 4) is 11.4 Å². The maximum Gasteiger partial charge on any atom is 0.297 e. The molecule has 0 spiro atoms. The Morgan fingerprint density at radius 3 is 2.44 bits per heavy atom. The molecule has 4 aromatic rings. The summed E-state index contributed by atoms with van der Waals surface area (Å²) in [6.45, 7) is 3.52. The summed E-state index contributed by atoms with van der Waals surface area (Å²) in [6, 6.07) is 18.5. The van der Waals surface area contributed by atoms with E-state index in [9.17, 15) is 14.9 Å². The molecule has 0 saturated carbocycles. The molecule has 0 bridgehead atoms. The topological polar surface area (TPSA) is 90.6 Å². The highest BCUT2D eigenvalue weighted by Gasteiger charge is 2.22. The number of aromatic nitrogens is 3. The molecule has 0 atom stereocenters. The number of hydrogen-bond donors (Lipinski definition) is 0. The molecule has 0 radical (unpaired) electrons. The number of nitro groups is 1. The second-order valence-corrected chi connectivity index (χ2v) is 8.95. The number of para-hydroxylation sites is 1. The van der Waals surface area contributed by atoms with Crippen molar-refractivity contribution < 1.29 is 4.92 Å². The first-order chi connectivity index (χ1) is 17.5. The first-order valence-electron chi connectivity index (χ1n) is 12.0. The highest BCUT2D eigenvalue weighted by Crippen LogP contribution is 2.32. The molecule has 9 heteroatoms. The molecule has 0 aliphatic carbocycles. The normalized spacial score (nSPS) is 14.0. The minimum atomic E-state index is -0.315. The van der Waals surface area contributed by atoms with E-state index < -0.39 is 0 Å². The molecular formula is C27H28N6O3. The van der Waals surface area contributed by atoms with Crippen LogP contribution in [0.4, 0.5) is 17.1 Å². The minimum Gasteiger partial charge on any atom is -0.366 e. The van der Waals surface area contributed by atoms with E-state index in [4.69, 9.17) is 0 Å². The maximum atomic E-state index is 13.2. The average Bonchev–Trinajstić information content (AvgIpc) is 3.45. The van der Waals surface area contributed by atoms with E-state index in [-0.39, 0.29) is 16.2 Å². The van der Waals surface area contributed by atoms with Crippen molar-refractivity contribution in [2.24, 2.45) is 12.0 Å². The zero-order valence-electron chi connectivity index (χ0n) is 20.4. The number of hydrogen-bond acceptors (Lipinski definition) is 5. The fourth-order valence-corrected chi connectivity index (χ4v) is 4.78. The van der Waals surface area contributed by atoms with E-state index in [0.717, 1.165) is 43.7 Å². The Morgan fingerprint density at radius 2 is 1.72 bits per heavy atom. The van der Waals surface area contributed by atoms with Crippen LogP contribution in [0.1, 0.15) is 30.7 Å². The molecule has 0 amide bonds. The number of rotatable bonds is 6. The predicted molar refractivity (Wildman–Crippen MR) is 141 cm³/mol. The van der Waals surface area contributed by atoms with Gasteiger partial charge in [-0.1, -0.05) is 18.2 Å². The van der Waals surface area contributed by atoms with E-state index >= 15 is 0 Å². The monoisotopic (exact) mass is 484 g/mol. The Kier molecular flexibility index (Phi) is 6.28. The molecule has 184 valence electrons. The van der Waals surface area contributed by atoms with Crippen molar-refractivity contribution >= 4 is 23.3 Å². The van der Waals surface area contributed by atoms with Crippen LogP contribution in [0.2, 0.25) is 0 Å². The molecule has 2 aromatic heterocycles. The van der Waals surface area contributed by atoms with Crippen molar-refractivity contribution in [1.29, 1.82) is 0 Å². The van der Waals surface area contributed by atoms with Gasteiger partial charge in [0.25, 0.3) is 11.2 Å². The van der Waals surface area contributed by atoms with Crippen LogP contribution in [0.3, 0.4) is 0 Å². The number of aliphatic imine (C=N–C) groups is 1. The smallest absolute Gasteiger partial charge is 0.297 e. The van der Waals surface area contributed by atoms with Gasteiger partial charge in [-0.3, -0.25) is 19.6 Å². The summed E-state index contributed by atoms with van der Waals surface area (Å²) in [4.78, 5) is 31.4. The van der Waals surface area contributed by atoms with Gasteiger partial charge in [-0.15, -0.1) is 0 Å². The Bertz CT molecular complexity index is 1490. The highest BCUT2D eigenvalue weighted by atomic mass is 16.6. The van der Waals surface area contributed by atoms with Gasteiger partial charge in [-0.25, -0.2) is 9.67 Å². The Balaban J connectivity index is 1.49. The zero-order valence-corrected chi connectivity index (χ0v) is 20.4. The molecule has 9 nitrogen and oxygen atoms in total. The van der Waals surface area contributed by atoms with E-state index in [1.54, 1.807) is 21.6 Å². The third-order valence-corrected chi connectivity index (χ3v) is 6.76. The second-order valence-electron chi connectivity index (χ2n) is 8.95. The molecular weight excluding hydrogens is 456 g/mol. The summed E-state index contributed by atoms with van der Waals surface area (Å²) in [5, 5.41) is 11.9. The number of anilines is 1. The van der Waals surface area contributed by atoms with Crippen molar-refractivity contribution in [1.82, 2.24) is 13.9 Å². The van der Waals surface area contributed by atoms with E-state index in [1.165, 1.54) is 0 Å².